The molecule has 1 fully saturated rings. The largest absolute Gasteiger partial charge is 0.449 e. The Morgan fingerprint density at radius 2 is 2.15 bits per heavy atom. The van der Waals surface area contributed by atoms with Gasteiger partial charge in [-0.15, -0.1) is 0 Å². The molecule has 0 aromatic rings. The Morgan fingerprint density at radius 1 is 1.46 bits per heavy atom. The molecular formula is C8H12F3NO. The van der Waals surface area contributed by atoms with Crippen LogP contribution in [0.15, 0.2) is 0 Å². The molecule has 1 aliphatic rings. The van der Waals surface area contributed by atoms with Crippen molar-refractivity contribution in [2.45, 2.75) is 25.4 Å². The Bertz CT molecular complexity index is 184. The number of hydrogen-bond donors (Lipinski definition) is 1. The number of halogens is 3. The summed E-state index contributed by atoms with van der Waals surface area (Å²) in [5.41, 5.74) is 0. The minimum absolute atomic E-state index is 0.136. The zero-order valence-electron chi connectivity index (χ0n) is 7.16. The number of carbonyl (C=O) groups excluding carboxylic acids is 1. The molecule has 1 atom stereocenters. The molecule has 0 amide bonds. The van der Waals surface area contributed by atoms with E-state index in [0.29, 0.717) is 6.54 Å². The first-order chi connectivity index (χ1) is 6.00. The van der Waals surface area contributed by atoms with Crippen LogP contribution in [0.1, 0.15) is 19.3 Å². The van der Waals surface area contributed by atoms with Gasteiger partial charge in [-0.2, -0.15) is 13.2 Å². The number of ketones is 1. The number of alkyl halides is 3. The number of hydrogen-bond acceptors (Lipinski definition) is 2. The molecule has 0 spiro atoms. The maximum atomic E-state index is 11.8. The molecule has 0 aliphatic carbocycles. The van der Waals surface area contributed by atoms with Crippen LogP contribution >= 0.6 is 0 Å². The zero-order valence-corrected chi connectivity index (χ0v) is 7.16. The van der Waals surface area contributed by atoms with E-state index in [9.17, 15) is 18.0 Å². The first kappa shape index (κ1) is 10.5. The van der Waals surface area contributed by atoms with Crippen LogP contribution in [-0.2, 0) is 4.79 Å². The van der Waals surface area contributed by atoms with E-state index in [1.807, 2.05) is 0 Å². The first-order valence-electron chi connectivity index (χ1n) is 4.31. The minimum Gasteiger partial charge on any atom is -0.316 e. The van der Waals surface area contributed by atoms with Gasteiger partial charge in [0, 0.05) is 6.42 Å². The molecule has 2 nitrogen and oxygen atoms in total. The maximum Gasteiger partial charge on any atom is 0.449 e. The van der Waals surface area contributed by atoms with Gasteiger partial charge in [0.1, 0.15) is 0 Å². The summed E-state index contributed by atoms with van der Waals surface area (Å²) in [6, 6.07) is 0. The quantitative estimate of drug-likeness (QED) is 0.723. The normalized spacial score (nSPS) is 24.4. The van der Waals surface area contributed by atoms with E-state index in [-0.39, 0.29) is 12.3 Å². The van der Waals surface area contributed by atoms with Gasteiger partial charge < -0.3 is 5.32 Å². The highest BCUT2D eigenvalue weighted by molar-refractivity contribution is 5.84. The Labute approximate surface area is 74.5 Å². The SMILES string of the molecule is O=C(CC1CCCNC1)C(F)(F)F. The van der Waals surface area contributed by atoms with Crippen molar-refractivity contribution in [3.8, 4) is 0 Å². The van der Waals surface area contributed by atoms with Crippen molar-refractivity contribution in [1.82, 2.24) is 5.32 Å². The highest BCUT2D eigenvalue weighted by Gasteiger charge is 2.39. The predicted molar refractivity (Wildman–Crippen MR) is 41.3 cm³/mol. The van der Waals surface area contributed by atoms with Crippen molar-refractivity contribution >= 4 is 5.78 Å². The lowest BCUT2D eigenvalue weighted by molar-refractivity contribution is -0.172. The van der Waals surface area contributed by atoms with Crippen LogP contribution < -0.4 is 5.32 Å². The van der Waals surface area contributed by atoms with E-state index in [1.54, 1.807) is 0 Å². The molecule has 76 valence electrons. The van der Waals surface area contributed by atoms with Gasteiger partial charge in [-0.1, -0.05) is 0 Å². The number of piperidine rings is 1. The predicted octanol–water partition coefficient (Wildman–Crippen LogP) is 1.51. The molecule has 1 unspecified atom stereocenters. The topological polar surface area (TPSA) is 29.1 Å². The molecule has 1 N–H and O–H groups in total. The molecule has 0 saturated carbocycles. The smallest absolute Gasteiger partial charge is 0.316 e. The van der Waals surface area contributed by atoms with Crippen molar-refractivity contribution in [3.63, 3.8) is 0 Å². The summed E-state index contributed by atoms with van der Waals surface area (Å²) in [7, 11) is 0. The number of nitrogens with one attached hydrogen (secondary N) is 1. The van der Waals surface area contributed by atoms with Gasteiger partial charge in [0.05, 0.1) is 0 Å². The summed E-state index contributed by atoms with van der Waals surface area (Å²) in [5.74, 6) is -1.73. The number of rotatable bonds is 2. The molecule has 1 rings (SSSR count). The highest BCUT2D eigenvalue weighted by atomic mass is 19.4. The van der Waals surface area contributed by atoms with Gasteiger partial charge in [-0.05, 0) is 31.8 Å². The molecule has 1 aliphatic heterocycles. The van der Waals surface area contributed by atoms with Crippen LogP contribution in [0.3, 0.4) is 0 Å². The van der Waals surface area contributed by atoms with Crippen molar-refractivity contribution in [1.29, 1.82) is 0 Å². The summed E-state index contributed by atoms with van der Waals surface area (Å²) >= 11 is 0. The third kappa shape index (κ3) is 3.34. The Morgan fingerprint density at radius 3 is 2.62 bits per heavy atom. The molecule has 13 heavy (non-hydrogen) atoms. The van der Waals surface area contributed by atoms with Crippen LogP contribution in [-0.4, -0.2) is 25.0 Å². The number of carbonyl (C=O) groups is 1. The zero-order chi connectivity index (χ0) is 9.90. The fourth-order valence-electron chi connectivity index (χ4n) is 1.48. The summed E-state index contributed by atoms with van der Waals surface area (Å²) < 4.78 is 35.5. The molecule has 1 saturated heterocycles. The van der Waals surface area contributed by atoms with Crippen molar-refractivity contribution in [2.75, 3.05) is 13.1 Å². The molecule has 1 heterocycles. The monoisotopic (exact) mass is 195 g/mol. The average Bonchev–Trinajstić information content (AvgIpc) is 2.04. The van der Waals surface area contributed by atoms with Gasteiger partial charge >= 0.3 is 6.18 Å². The van der Waals surface area contributed by atoms with E-state index in [2.05, 4.69) is 5.32 Å². The van der Waals surface area contributed by atoms with Gasteiger partial charge in [0.2, 0.25) is 5.78 Å². The lowest BCUT2D eigenvalue weighted by Crippen LogP contribution is -2.34. The van der Waals surface area contributed by atoms with E-state index in [1.165, 1.54) is 0 Å². The fourth-order valence-corrected chi connectivity index (χ4v) is 1.48. The fraction of sp³-hybridized carbons (Fsp3) is 0.875. The van der Waals surface area contributed by atoms with Crippen molar-refractivity contribution in [2.24, 2.45) is 5.92 Å². The lowest BCUT2D eigenvalue weighted by atomic mass is 9.94. The number of Topliss-reactive ketones (excluding diaryl/α,β-unsaturated/α-hetero) is 1. The molecule has 0 radical (unpaired) electrons. The van der Waals surface area contributed by atoms with Crippen LogP contribution in [0, 0.1) is 5.92 Å². The van der Waals surface area contributed by atoms with Crippen molar-refractivity contribution < 1.29 is 18.0 Å². The highest BCUT2D eigenvalue weighted by Crippen LogP contribution is 2.23. The van der Waals surface area contributed by atoms with Gasteiger partial charge in [-0.3, -0.25) is 4.79 Å². The Kier molecular flexibility index (Phi) is 3.30. The van der Waals surface area contributed by atoms with E-state index >= 15 is 0 Å². The molecule has 5 heteroatoms. The molecule has 0 aromatic heterocycles. The first-order valence-corrected chi connectivity index (χ1v) is 4.31. The van der Waals surface area contributed by atoms with E-state index in [0.717, 1.165) is 19.4 Å². The van der Waals surface area contributed by atoms with Crippen LogP contribution in [0.2, 0.25) is 0 Å². The van der Waals surface area contributed by atoms with Gasteiger partial charge in [-0.25, -0.2) is 0 Å². The van der Waals surface area contributed by atoms with Crippen LogP contribution in [0.5, 0.6) is 0 Å². The summed E-state index contributed by atoms with van der Waals surface area (Å²) in [5, 5.41) is 2.97. The van der Waals surface area contributed by atoms with Crippen LogP contribution in [0.25, 0.3) is 0 Å². The van der Waals surface area contributed by atoms with Gasteiger partial charge in [0.25, 0.3) is 0 Å². The summed E-state index contributed by atoms with van der Waals surface area (Å²) in [6.07, 6.45) is -3.45. The third-order valence-electron chi connectivity index (χ3n) is 2.19. The van der Waals surface area contributed by atoms with Crippen molar-refractivity contribution in [3.05, 3.63) is 0 Å². The second kappa shape index (κ2) is 4.09. The molecular weight excluding hydrogens is 183 g/mol. The summed E-state index contributed by atoms with van der Waals surface area (Å²) in [4.78, 5) is 10.6. The maximum absolute atomic E-state index is 11.8. The standard InChI is InChI=1S/C8H12F3NO/c9-8(10,11)7(13)4-6-2-1-3-12-5-6/h6,12H,1-5H2. The van der Waals surface area contributed by atoms with E-state index < -0.39 is 12.0 Å². The van der Waals surface area contributed by atoms with Gasteiger partial charge in [0.15, 0.2) is 0 Å². The van der Waals surface area contributed by atoms with Crippen LogP contribution in [0.4, 0.5) is 13.2 Å². The second-order valence-electron chi connectivity index (χ2n) is 3.34. The molecule has 0 bridgehead atoms. The Balaban J connectivity index is 2.35. The second-order valence-corrected chi connectivity index (χ2v) is 3.34. The molecule has 0 aromatic carbocycles. The minimum atomic E-state index is -4.66. The van der Waals surface area contributed by atoms with E-state index in [4.69, 9.17) is 0 Å². The average molecular weight is 195 g/mol. The third-order valence-corrected chi connectivity index (χ3v) is 2.19. The Hall–Kier alpha value is -0.580. The lowest BCUT2D eigenvalue weighted by Gasteiger charge is -2.22. The summed E-state index contributed by atoms with van der Waals surface area (Å²) in [6.45, 7) is 1.37.